The first kappa shape index (κ1) is 15.9. The molecular formula is C14H16Br2N2OS. The molecule has 2 aromatic rings. The topological polar surface area (TPSA) is 34.1 Å². The van der Waals surface area contributed by atoms with Crippen molar-refractivity contribution in [3.05, 3.63) is 42.7 Å². The van der Waals surface area contributed by atoms with Crippen LogP contribution in [0.5, 0.6) is 5.75 Å². The van der Waals surface area contributed by atoms with Gasteiger partial charge in [-0.2, -0.15) is 0 Å². The molecule has 1 N–H and O–H groups in total. The lowest BCUT2D eigenvalue weighted by atomic mass is 10.2. The first-order chi connectivity index (χ1) is 9.61. The van der Waals surface area contributed by atoms with Gasteiger partial charge in [0.15, 0.2) is 0 Å². The molecule has 6 heteroatoms. The molecule has 0 aliphatic rings. The number of benzene rings is 1. The Bertz CT molecular complexity index is 563. The lowest BCUT2D eigenvalue weighted by Crippen LogP contribution is -2.12. The molecule has 0 saturated carbocycles. The van der Waals surface area contributed by atoms with E-state index in [9.17, 15) is 0 Å². The van der Waals surface area contributed by atoms with Gasteiger partial charge in [-0.1, -0.05) is 0 Å². The normalized spacial score (nSPS) is 10.8. The van der Waals surface area contributed by atoms with Crippen LogP contribution in [0.15, 0.2) is 26.6 Å². The van der Waals surface area contributed by atoms with Crippen LogP contribution in [-0.4, -0.2) is 11.6 Å². The molecule has 0 amide bonds. The Morgan fingerprint density at radius 3 is 2.50 bits per heavy atom. The van der Waals surface area contributed by atoms with E-state index in [0.717, 1.165) is 33.5 Å². The zero-order chi connectivity index (χ0) is 14.5. The molecule has 0 bridgehead atoms. The van der Waals surface area contributed by atoms with Gasteiger partial charge in [0, 0.05) is 18.0 Å². The summed E-state index contributed by atoms with van der Waals surface area (Å²) in [5.74, 6) is 0.856. The van der Waals surface area contributed by atoms with Gasteiger partial charge in [0.1, 0.15) is 5.75 Å². The van der Waals surface area contributed by atoms with E-state index in [1.807, 2.05) is 19.4 Å². The van der Waals surface area contributed by atoms with Gasteiger partial charge < -0.3 is 10.1 Å². The molecule has 20 heavy (non-hydrogen) atoms. The molecule has 0 unspecified atom stereocenters. The van der Waals surface area contributed by atoms with Crippen LogP contribution >= 0.6 is 43.2 Å². The molecule has 0 aliphatic carbocycles. The zero-order valence-electron chi connectivity index (χ0n) is 11.4. The van der Waals surface area contributed by atoms with Crippen molar-refractivity contribution in [1.82, 2.24) is 10.3 Å². The fourth-order valence-electron chi connectivity index (χ4n) is 1.81. The maximum absolute atomic E-state index is 5.58. The number of hydrogen-bond donors (Lipinski definition) is 1. The highest BCUT2D eigenvalue weighted by molar-refractivity contribution is 9.11. The van der Waals surface area contributed by atoms with Crippen LogP contribution in [0.25, 0.3) is 0 Å². The monoisotopic (exact) mass is 418 g/mol. The van der Waals surface area contributed by atoms with E-state index in [1.54, 1.807) is 11.3 Å². The summed E-state index contributed by atoms with van der Waals surface area (Å²) in [7, 11) is 0. The summed E-state index contributed by atoms with van der Waals surface area (Å²) in [6, 6.07) is 4.17. The number of hydrogen-bond acceptors (Lipinski definition) is 4. The second-order valence-corrected chi connectivity index (χ2v) is 6.93. The Morgan fingerprint density at radius 1 is 1.25 bits per heavy atom. The van der Waals surface area contributed by atoms with Crippen LogP contribution in [0.1, 0.15) is 23.1 Å². The summed E-state index contributed by atoms with van der Waals surface area (Å²) in [4.78, 5) is 5.54. The zero-order valence-corrected chi connectivity index (χ0v) is 15.4. The summed E-state index contributed by atoms with van der Waals surface area (Å²) in [5, 5.41) is 3.44. The van der Waals surface area contributed by atoms with Crippen molar-refractivity contribution in [1.29, 1.82) is 0 Å². The van der Waals surface area contributed by atoms with Gasteiger partial charge in [-0.15, -0.1) is 11.3 Å². The molecule has 0 atom stereocenters. The third kappa shape index (κ3) is 4.04. The highest BCUT2D eigenvalue weighted by Gasteiger charge is 2.08. The van der Waals surface area contributed by atoms with Gasteiger partial charge in [0.2, 0.25) is 0 Å². The van der Waals surface area contributed by atoms with Crippen molar-refractivity contribution >= 4 is 43.2 Å². The summed E-state index contributed by atoms with van der Waals surface area (Å²) in [6.45, 7) is 6.32. The van der Waals surface area contributed by atoms with E-state index in [2.05, 4.69) is 54.3 Å². The second kappa shape index (κ2) is 7.54. The third-order valence-corrected chi connectivity index (χ3v) is 4.92. The van der Waals surface area contributed by atoms with Crippen molar-refractivity contribution in [2.24, 2.45) is 0 Å². The number of thiazole rings is 1. The minimum absolute atomic E-state index is 0.652. The predicted octanol–water partition coefficient (Wildman–Crippen LogP) is 4.67. The SMILES string of the molecule is CCOc1c(Br)cc(CNCc2scnc2C)cc1Br. The molecule has 1 aromatic carbocycles. The Kier molecular flexibility index (Phi) is 6.01. The van der Waals surface area contributed by atoms with Crippen LogP contribution < -0.4 is 10.1 Å². The van der Waals surface area contributed by atoms with Gasteiger partial charge in [-0.3, -0.25) is 0 Å². The summed E-state index contributed by atoms with van der Waals surface area (Å²) >= 11 is 8.79. The fraction of sp³-hybridized carbons (Fsp3) is 0.357. The minimum Gasteiger partial charge on any atom is -0.492 e. The van der Waals surface area contributed by atoms with Gasteiger partial charge in [-0.05, 0) is 63.4 Å². The number of aromatic nitrogens is 1. The molecular weight excluding hydrogens is 404 g/mol. The number of aryl methyl sites for hydroxylation is 1. The quantitative estimate of drug-likeness (QED) is 0.738. The third-order valence-electron chi connectivity index (χ3n) is 2.81. The van der Waals surface area contributed by atoms with Gasteiger partial charge >= 0.3 is 0 Å². The van der Waals surface area contributed by atoms with Crippen molar-refractivity contribution in [3.8, 4) is 5.75 Å². The molecule has 3 nitrogen and oxygen atoms in total. The molecule has 1 heterocycles. The van der Waals surface area contributed by atoms with E-state index in [4.69, 9.17) is 4.74 Å². The van der Waals surface area contributed by atoms with Crippen molar-refractivity contribution in [3.63, 3.8) is 0 Å². The number of rotatable bonds is 6. The lowest BCUT2D eigenvalue weighted by molar-refractivity contribution is 0.336. The molecule has 2 rings (SSSR count). The number of nitrogens with one attached hydrogen (secondary N) is 1. The van der Waals surface area contributed by atoms with E-state index in [0.29, 0.717) is 6.61 Å². The van der Waals surface area contributed by atoms with Crippen molar-refractivity contribution in [2.45, 2.75) is 26.9 Å². The maximum Gasteiger partial charge on any atom is 0.147 e. The standard InChI is InChI=1S/C14H16Br2N2OS/c1-3-19-14-11(15)4-10(5-12(14)16)6-17-7-13-9(2)18-8-20-13/h4-5,8,17H,3,6-7H2,1-2H3. The Hall–Kier alpha value is -0.430. The van der Waals surface area contributed by atoms with Crippen molar-refractivity contribution in [2.75, 3.05) is 6.61 Å². The first-order valence-corrected chi connectivity index (χ1v) is 8.78. The van der Waals surface area contributed by atoms with Crippen LogP contribution in [0.4, 0.5) is 0 Å². The highest BCUT2D eigenvalue weighted by Crippen LogP contribution is 2.34. The van der Waals surface area contributed by atoms with Crippen LogP contribution in [0.3, 0.4) is 0 Å². The average Bonchev–Trinajstić information content (AvgIpc) is 2.80. The summed E-state index contributed by atoms with van der Waals surface area (Å²) in [5.41, 5.74) is 4.20. The van der Waals surface area contributed by atoms with E-state index in [1.165, 1.54) is 10.4 Å². The first-order valence-electron chi connectivity index (χ1n) is 6.32. The van der Waals surface area contributed by atoms with Crippen LogP contribution in [0.2, 0.25) is 0 Å². The largest absolute Gasteiger partial charge is 0.492 e. The molecule has 0 saturated heterocycles. The van der Waals surface area contributed by atoms with Gasteiger partial charge in [0.05, 0.1) is 26.8 Å². The van der Waals surface area contributed by atoms with Gasteiger partial charge in [0.25, 0.3) is 0 Å². The maximum atomic E-state index is 5.58. The number of nitrogens with zero attached hydrogens (tertiary/aromatic N) is 1. The molecule has 0 aliphatic heterocycles. The van der Waals surface area contributed by atoms with E-state index in [-0.39, 0.29) is 0 Å². The van der Waals surface area contributed by atoms with Gasteiger partial charge in [-0.25, -0.2) is 4.98 Å². The van der Waals surface area contributed by atoms with E-state index < -0.39 is 0 Å². The molecule has 0 spiro atoms. The smallest absolute Gasteiger partial charge is 0.147 e. The summed E-state index contributed by atoms with van der Waals surface area (Å²) in [6.07, 6.45) is 0. The fourth-order valence-corrected chi connectivity index (χ4v) is 4.07. The Balaban J connectivity index is 1.98. The number of halogens is 2. The molecule has 108 valence electrons. The predicted molar refractivity (Wildman–Crippen MR) is 90.4 cm³/mol. The minimum atomic E-state index is 0.652. The average molecular weight is 420 g/mol. The molecule has 0 fully saturated rings. The Labute approximate surface area is 140 Å². The molecule has 0 radical (unpaired) electrons. The van der Waals surface area contributed by atoms with Crippen molar-refractivity contribution < 1.29 is 4.74 Å². The number of ether oxygens (including phenoxy) is 1. The lowest BCUT2D eigenvalue weighted by Gasteiger charge is -2.11. The van der Waals surface area contributed by atoms with E-state index >= 15 is 0 Å². The van der Waals surface area contributed by atoms with Crippen LogP contribution in [-0.2, 0) is 13.1 Å². The van der Waals surface area contributed by atoms with Crippen LogP contribution in [0, 0.1) is 6.92 Å². The summed E-state index contributed by atoms with van der Waals surface area (Å²) < 4.78 is 7.52. The Morgan fingerprint density at radius 2 is 1.95 bits per heavy atom. The highest BCUT2D eigenvalue weighted by atomic mass is 79.9. The second-order valence-electron chi connectivity index (χ2n) is 4.29. The molecule has 1 aromatic heterocycles.